The van der Waals surface area contributed by atoms with Crippen LogP contribution in [-0.2, 0) is 4.74 Å². The monoisotopic (exact) mass is 282 g/mol. The molecule has 0 radical (unpaired) electrons. The van der Waals surface area contributed by atoms with Crippen molar-refractivity contribution in [3.63, 3.8) is 0 Å². The largest absolute Gasteiger partial charge is 0.378 e. The lowest BCUT2D eigenvalue weighted by atomic mass is 9.78. The van der Waals surface area contributed by atoms with Crippen LogP contribution < -0.4 is 5.32 Å². The normalized spacial score (nSPS) is 41.0. The summed E-state index contributed by atoms with van der Waals surface area (Å²) in [6.07, 6.45) is 9.42. The van der Waals surface area contributed by atoms with Crippen LogP contribution in [0.4, 0.5) is 0 Å². The van der Waals surface area contributed by atoms with Crippen LogP contribution >= 0.6 is 11.8 Å². The summed E-state index contributed by atoms with van der Waals surface area (Å²) in [6.45, 7) is 4.26. The predicted molar refractivity (Wildman–Crippen MR) is 81.8 cm³/mol. The minimum Gasteiger partial charge on any atom is -0.378 e. The van der Waals surface area contributed by atoms with E-state index in [9.17, 15) is 0 Å². The summed E-state index contributed by atoms with van der Waals surface area (Å²) in [5.41, 5.74) is 0.375. The van der Waals surface area contributed by atoms with Gasteiger partial charge < -0.3 is 10.1 Å². The van der Waals surface area contributed by atoms with E-state index in [4.69, 9.17) is 9.73 Å². The quantitative estimate of drug-likeness (QED) is 0.863. The Hall–Kier alpha value is -0.220. The molecule has 1 unspecified atom stereocenters. The van der Waals surface area contributed by atoms with Crippen LogP contribution in [0.5, 0.6) is 0 Å². The summed E-state index contributed by atoms with van der Waals surface area (Å²) in [6, 6.07) is 0. The lowest BCUT2D eigenvalue weighted by molar-refractivity contribution is 0.106. The molecule has 2 aliphatic heterocycles. The van der Waals surface area contributed by atoms with E-state index in [2.05, 4.69) is 12.2 Å². The van der Waals surface area contributed by atoms with E-state index in [1.165, 1.54) is 49.4 Å². The van der Waals surface area contributed by atoms with Crippen molar-refractivity contribution in [2.45, 2.75) is 63.5 Å². The smallest absolute Gasteiger partial charge is 0.157 e. The van der Waals surface area contributed by atoms with Gasteiger partial charge in [0, 0.05) is 24.4 Å². The highest BCUT2D eigenvalue weighted by Gasteiger charge is 2.39. The van der Waals surface area contributed by atoms with E-state index in [0.29, 0.717) is 11.6 Å². The van der Waals surface area contributed by atoms with Crippen molar-refractivity contribution in [2.24, 2.45) is 10.9 Å². The summed E-state index contributed by atoms with van der Waals surface area (Å²) in [5, 5.41) is 4.91. The molecule has 2 heterocycles. The molecule has 0 aromatic rings. The molecule has 3 aliphatic rings. The van der Waals surface area contributed by atoms with Crippen LogP contribution in [0.15, 0.2) is 4.99 Å². The van der Waals surface area contributed by atoms with Crippen molar-refractivity contribution in [3.05, 3.63) is 0 Å². The van der Waals surface area contributed by atoms with E-state index in [-0.39, 0.29) is 0 Å². The maximum Gasteiger partial charge on any atom is 0.157 e. The van der Waals surface area contributed by atoms with Crippen LogP contribution in [0.2, 0.25) is 0 Å². The molecule has 108 valence electrons. The Labute approximate surface area is 121 Å². The third kappa shape index (κ3) is 3.46. The van der Waals surface area contributed by atoms with Crippen LogP contribution in [0, 0.1) is 5.92 Å². The third-order valence-electron chi connectivity index (χ3n) is 4.82. The van der Waals surface area contributed by atoms with E-state index in [1.54, 1.807) is 0 Å². The molecule has 0 amide bonds. The first-order chi connectivity index (χ1) is 9.26. The Morgan fingerprint density at radius 3 is 2.95 bits per heavy atom. The average molecular weight is 282 g/mol. The van der Waals surface area contributed by atoms with Crippen molar-refractivity contribution in [1.29, 1.82) is 0 Å². The molecule has 1 N–H and O–H groups in total. The second-order valence-electron chi connectivity index (χ2n) is 6.49. The first-order valence-corrected chi connectivity index (χ1v) is 8.81. The number of hydrogen-bond acceptors (Lipinski definition) is 3. The average Bonchev–Trinajstić information content (AvgIpc) is 3.05. The molecule has 4 heteroatoms. The van der Waals surface area contributed by atoms with Crippen molar-refractivity contribution >= 4 is 16.9 Å². The molecule has 0 aromatic heterocycles. The van der Waals surface area contributed by atoms with Gasteiger partial charge in [-0.2, -0.15) is 0 Å². The molecule has 3 rings (SSSR count). The number of amidine groups is 1. The fourth-order valence-electron chi connectivity index (χ4n) is 3.36. The molecule has 19 heavy (non-hydrogen) atoms. The summed E-state index contributed by atoms with van der Waals surface area (Å²) < 4.78 is 5.64. The van der Waals surface area contributed by atoms with Gasteiger partial charge in [-0.1, -0.05) is 18.7 Å². The van der Waals surface area contributed by atoms with Crippen molar-refractivity contribution in [2.75, 3.05) is 18.9 Å². The summed E-state index contributed by atoms with van der Waals surface area (Å²) in [5.74, 6) is 2.14. The zero-order chi connectivity index (χ0) is 13.1. The van der Waals surface area contributed by atoms with Crippen LogP contribution in [0.25, 0.3) is 0 Å². The van der Waals surface area contributed by atoms with Gasteiger partial charge in [0.05, 0.1) is 6.10 Å². The van der Waals surface area contributed by atoms with Gasteiger partial charge in [-0.25, -0.2) is 0 Å². The minimum atomic E-state index is 0.375. The van der Waals surface area contributed by atoms with Gasteiger partial charge in [-0.15, -0.1) is 0 Å². The van der Waals surface area contributed by atoms with Gasteiger partial charge >= 0.3 is 0 Å². The second kappa shape index (κ2) is 6.04. The lowest BCUT2D eigenvalue weighted by Gasteiger charge is -2.35. The number of thioether (sulfide) groups is 1. The second-order valence-corrected chi connectivity index (χ2v) is 7.45. The molecule has 3 fully saturated rings. The van der Waals surface area contributed by atoms with Gasteiger partial charge in [0.25, 0.3) is 0 Å². The van der Waals surface area contributed by atoms with E-state index in [1.807, 2.05) is 11.8 Å². The number of hydrogen-bond donors (Lipinski definition) is 1. The van der Waals surface area contributed by atoms with Crippen molar-refractivity contribution in [3.8, 4) is 0 Å². The molecular weight excluding hydrogens is 256 g/mol. The van der Waals surface area contributed by atoms with Crippen LogP contribution in [0.3, 0.4) is 0 Å². The first kappa shape index (κ1) is 13.7. The Morgan fingerprint density at radius 1 is 1.37 bits per heavy atom. The molecule has 1 atom stereocenters. The van der Waals surface area contributed by atoms with E-state index < -0.39 is 0 Å². The zero-order valence-electron chi connectivity index (χ0n) is 12.0. The Morgan fingerprint density at radius 2 is 2.21 bits per heavy atom. The van der Waals surface area contributed by atoms with E-state index in [0.717, 1.165) is 25.5 Å². The highest BCUT2D eigenvalue weighted by Crippen LogP contribution is 2.38. The molecular formula is C15H26N2OS. The topological polar surface area (TPSA) is 33.6 Å². The molecule has 0 bridgehead atoms. The molecule has 2 saturated heterocycles. The number of rotatable bonds is 3. The number of nitrogens with zero attached hydrogens (tertiary/aromatic N) is 1. The Balaban J connectivity index is 1.45. The molecule has 0 aromatic carbocycles. The Bertz CT molecular complexity index is 331. The van der Waals surface area contributed by atoms with Gasteiger partial charge in [0.15, 0.2) is 5.17 Å². The minimum absolute atomic E-state index is 0.375. The molecule has 3 nitrogen and oxygen atoms in total. The van der Waals surface area contributed by atoms with Crippen LogP contribution in [-0.4, -0.2) is 35.7 Å². The van der Waals surface area contributed by atoms with Crippen molar-refractivity contribution in [1.82, 2.24) is 5.32 Å². The van der Waals surface area contributed by atoms with E-state index >= 15 is 0 Å². The highest BCUT2D eigenvalue weighted by molar-refractivity contribution is 8.14. The summed E-state index contributed by atoms with van der Waals surface area (Å²) >= 11 is 1.93. The number of nitrogens with one attached hydrogen (secondary N) is 1. The highest BCUT2D eigenvalue weighted by atomic mass is 32.2. The maximum atomic E-state index is 5.64. The first-order valence-electron chi connectivity index (χ1n) is 7.83. The fourth-order valence-corrected chi connectivity index (χ4v) is 4.60. The van der Waals surface area contributed by atoms with Gasteiger partial charge in [0.2, 0.25) is 0 Å². The Kier molecular flexibility index (Phi) is 4.37. The standard InChI is InChI=1S/C15H26N2OS/c1-12-4-7-15(8-5-12)11-19-14(17-15)16-9-6-13-3-2-10-18-13/h12-13H,2-11H2,1H3,(H,16,17). The zero-order valence-corrected chi connectivity index (χ0v) is 12.8. The number of aliphatic imine (C=N–C) groups is 1. The summed E-state index contributed by atoms with van der Waals surface area (Å²) in [4.78, 5) is 4.74. The SMILES string of the molecule is CC1CCC2(CC1)CSC(=NCCC1CCCO1)N2. The number of ether oxygens (including phenoxy) is 1. The van der Waals surface area contributed by atoms with Gasteiger partial charge in [-0.05, 0) is 50.9 Å². The van der Waals surface area contributed by atoms with Gasteiger partial charge in [0.1, 0.15) is 0 Å². The summed E-state index contributed by atoms with van der Waals surface area (Å²) in [7, 11) is 0. The fraction of sp³-hybridized carbons (Fsp3) is 0.933. The lowest BCUT2D eigenvalue weighted by Crippen LogP contribution is -2.46. The molecule has 1 aliphatic carbocycles. The molecule has 1 spiro atoms. The predicted octanol–water partition coefficient (Wildman–Crippen LogP) is 3.20. The van der Waals surface area contributed by atoms with Gasteiger partial charge in [-0.3, -0.25) is 4.99 Å². The molecule has 1 saturated carbocycles. The maximum absolute atomic E-state index is 5.64. The third-order valence-corrected chi connectivity index (χ3v) is 6.02. The van der Waals surface area contributed by atoms with Crippen molar-refractivity contribution < 1.29 is 4.74 Å². The van der Waals surface area contributed by atoms with Crippen LogP contribution in [0.1, 0.15) is 51.9 Å².